The van der Waals surface area contributed by atoms with Crippen LogP contribution in [0.1, 0.15) is 23.9 Å². The van der Waals surface area contributed by atoms with E-state index in [0.717, 1.165) is 24.3 Å². The van der Waals surface area contributed by atoms with Gasteiger partial charge in [0.05, 0.1) is 5.69 Å². The standard InChI is InChI=1S/C17H24N4O/c1-5-21-14(3)16(13(2)19-21)11-12-20(4)17(22)18-15-9-7-6-8-10-15/h6-10H,5,11-12H2,1-4H3,(H,18,22). The van der Waals surface area contributed by atoms with Crippen molar-refractivity contribution in [2.24, 2.45) is 0 Å². The van der Waals surface area contributed by atoms with Crippen molar-refractivity contribution in [2.45, 2.75) is 33.7 Å². The van der Waals surface area contributed by atoms with Gasteiger partial charge in [0.1, 0.15) is 0 Å². The molecule has 1 aromatic carbocycles. The first-order valence-electron chi connectivity index (χ1n) is 7.63. The minimum Gasteiger partial charge on any atom is -0.327 e. The van der Waals surface area contributed by atoms with E-state index in [9.17, 15) is 4.79 Å². The lowest BCUT2D eigenvalue weighted by Crippen LogP contribution is -2.33. The van der Waals surface area contributed by atoms with Gasteiger partial charge in [0.15, 0.2) is 0 Å². The number of amides is 2. The van der Waals surface area contributed by atoms with Crippen LogP contribution in [-0.4, -0.2) is 34.3 Å². The fourth-order valence-electron chi connectivity index (χ4n) is 2.53. The SMILES string of the molecule is CCn1nc(C)c(CCN(C)C(=O)Nc2ccccc2)c1C. The number of nitrogens with zero attached hydrogens (tertiary/aromatic N) is 3. The molecule has 0 unspecified atom stereocenters. The molecule has 0 aliphatic rings. The zero-order valence-corrected chi connectivity index (χ0v) is 13.8. The number of urea groups is 1. The molecule has 5 nitrogen and oxygen atoms in total. The molecule has 1 aromatic heterocycles. The largest absolute Gasteiger partial charge is 0.327 e. The molecule has 1 N–H and O–H groups in total. The number of hydrogen-bond acceptors (Lipinski definition) is 2. The van der Waals surface area contributed by atoms with E-state index in [1.807, 2.05) is 49.0 Å². The molecular formula is C17H24N4O. The van der Waals surface area contributed by atoms with Gasteiger partial charge in [-0.2, -0.15) is 5.10 Å². The molecule has 118 valence electrons. The molecule has 0 saturated heterocycles. The number of aryl methyl sites for hydroxylation is 2. The molecule has 2 rings (SSSR count). The molecule has 0 radical (unpaired) electrons. The summed E-state index contributed by atoms with van der Waals surface area (Å²) in [4.78, 5) is 13.9. The third-order valence-corrected chi connectivity index (χ3v) is 3.90. The molecule has 1 heterocycles. The summed E-state index contributed by atoms with van der Waals surface area (Å²) in [5.41, 5.74) is 4.29. The van der Waals surface area contributed by atoms with Crippen LogP contribution in [0, 0.1) is 13.8 Å². The number of likely N-dealkylation sites (N-methyl/N-ethyl adjacent to an activating group) is 1. The van der Waals surface area contributed by atoms with Crippen LogP contribution < -0.4 is 5.32 Å². The number of hydrogen-bond donors (Lipinski definition) is 1. The van der Waals surface area contributed by atoms with Crippen LogP contribution in [-0.2, 0) is 13.0 Å². The average molecular weight is 300 g/mol. The lowest BCUT2D eigenvalue weighted by molar-refractivity contribution is 0.223. The van der Waals surface area contributed by atoms with E-state index in [-0.39, 0.29) is 6.03 Å². The number of anilines is 1. The lowest BCUT2D eigenvalue weighted by Gasteiger charge is -2.18. The molecule has 0 fully saturated rings. The molecule has 0 spiro atoms. The Morgan fingerprint density at radius 2 is 1.95 bits per heavy atom. The summed E-state index contributed by atoms with van der Waals surface area (Å²) in [7, 11) is 1.81. The van der Waals surface area contributed by atoms with Crippen molar-refractivity contribution in [3.63, 3.8) is 0 Å². The van der Waals surface area contributed by atoms with Crippen LogP contribution >= 0.6 is 0 Å². The quantitative estimate of drug-likeness (QED) is 0.921. The highest BCUT2D eigenvalue weighted by Crippen LogP contribution is 2.14. The fraction of sp³-hybridized carbons (Fsp3) is 0.412. The second-order valence-corrected chi connectivity index (χ2v) is 5.43. The van der Waals surface area contributed by atoms with Gasteiger partial charge in [-0.25, -0.2) is 4.79 Å². The van der Waals surface area contributed by atoms with Crippen molar-refractivity contribution in [3.8, 4) is 0 Å². The highest BCUT2D eigenvalue weighted by Gasteiger charge is 2.13. The normalized spacial score (nSPS) is 10.5. The van der Waals surface area contributed by atoms with Gasteiger partial charge < -0.3 is 10.2 Å². The molecule has 2 aromatic rings. The van der Waals surface area contributed by atoms with E-state index in [2.05, 4.69) is 24.3 Å². The third-order valence-electron chi connectivity index (χ3n) is 3.90. The molecule has 0 aliphatic heterocycles. The maximum absolute atomic E-state index is 12.2. The van der Waals surface area contributed by atoms with Gasteiger partial charge in [-0.3, -0.25) is 4.68 Å². The minimum absolute atomic E-state index is 0.0932. The van der Waals surface area contributed by atoms with Crippen LogP contribution in [0.4, 0.5) is 10.5 Å². The molecule has 2 amide bonds. The molecular weight excluding hydrogens is 276 g/mol. The number of benzene rings is 1. The van der Waals surface area contributed by atoms with E-state index in [4.69, 9.17) is 0 Å². The number of nitrogens with one attached hydrogen (secondary N) is 1. The molecule has 0 atom stereocenters. The van der Waals surface area contributed by atoms with Crippen molar-refractivity contribution in [2.75, 3.05) is 18.9 Å². The number of rotatable bonds is 5. The Morgan fingerprint density at radius 1 is 1.27 bits per heavy atom. The predicted octanol–water partition coefficient (Wildman–Crippen LogP) is 3.23. The Labute approximate surface area is 131 Å². The Hall–Kier alpha value is -2.30. The van der Waals surface area contributed by atoms with E-state index in [1.165, 1.54) is 11.3 Å². The second kappa shape index (κ2) is 7.11. The van der Waals surface area contributed by atoms with Crippen LogP contribution in [0.5, 0.6) is 0 Å². The smallest absolute Gasteiger partial charge is 0.321 e. The number of carbonyl (C=O) groups excluding carboxylic acids is 1. The van der Waals surface area contributed by atoms with Gasteiger partial charge in [0, 0.05) is 31.5 Å². The molecule has 22 heavy (non-hydrogen) atoms. The van der Waals surface area contributed by atoms with E-state index in [0.29, 0.717) is 6.54 Å². The topological polar surface area (TPSA) is 50.2 Å². The number of para-hydroxylation sites is 1. The zero-order valence-electron chi connectivity index (χ0n) is 13.8. The molecule has 0 aliphatic carbocycles. The fourth-order valence-corrected chi connectivity index (χ4v) is 2.53. The van der Waals surface area contributed by atoms with Gasteiger partial charge in [-0.05, 0) is 44.9 Å². The summed E-state index contributed by atoms with van der Waals surface area (Å²) in [5, 5.41) is 7.41. The summed E-state index contributed by atoms with van der Waals surface area (Å²) >= 11 is 0. The first kappa shape index (κ1) is 16.1. The maximum Gasteiger partial charge on any atom is 0.321 e. The third kappa shape index (κ3) is 3.67. The van der Waals surface area contributed by atoms with Gasteiger partial charge in [0.2, 0.25) is 0 Å². The van der Waals surface area contributed by atoms with Crippen molar-refractivity contribution < 1.29 is 4.79 Å². The minimum atomic E-state index is -0.0932. The Kier molecular flexibility index (Phi) is 5.20. The first-order chi connectivity index (χ1) is 10.5. The predicted molar refractivity (Wildman–Crippen MR) is 89.2 cm³/mol. The molecule has 5 heteroatoms. The van der Waals surface area contributed by atoms with E-state index < -0.39 is 0 Å². The van der Waals surface area contributed by atoms with Crippen LogP contribution in [0.3, 0.4) is 0 Å². The van der Waals surface area contributed by atoms with Gasteiger partial charge >= 0.3 is 6.03 Å². The van der Waals surface area contributed by atoms with Crippen molar-refractivity contribution >= 4 is 11.7 Å². The Balaban J connectivity index is 1.94. The first-order valence-corrected chi connectivity index (χ1v) is 7.63. The second-order valence-electron chi connectivity index (χ2n) is 5.43. The van der Waals surface area contributed by atoms with Crippen LogP contribution in [0.2, 0.25) is 0 Å². The Bertz CT molecular complexity index is 634. The van der Waals surface area contributed by atoms with E-state index in [1.54, 1.807) is 4.90 Å². The monoisotopic (exact) mass is 300 g/mol. The number of carbonyl (C=O) groups is 1. The van der Waals surface area contributed by atoms with Gasteiger partial charge in [-0.15, -0.1) is 0 Å². The van der Waals surface area contributed by atoms with Crippen molar-refractivity contribution in [1.29, 1.82) is 0 Å². The summed E-state index contributed by atoms with van der Waals surface area (Å²) in [6, 6.07) is 9.40. The summed E-state index contributed by atoms with van der Waals surface area (Å²) in [6.45, 7) is 7.73. The van der Waals surface area contributed by atoms with Crippen molar-refractivity contribution in [3.05, 3.63) is 47.3 Å². The summed E-state index contributed by atoms with van der Waals surface area (Å²) in [6.07, 6.45) is 0.816. The highest BCUT2D eigenvalue weighted by atomic mass is 16.2. The van der Waals surface area contributed by atoms with Crippen LogP contribution in [0.15, 0.2) is 30.3 Å². The van der Waals surface area contributed by atoms with Crippen molar-refractivity contribution in [1.82, 2.24) is 14.7 Å². The highest BCUT2D eigenvalue weighted by molar-refractivity contribution is 5.89. The number of aromatic nitrogens is 2. The summed E-state index contributed by atoms with van der Waals surface area (Å²) in [5.74, 6) is 0. The Morgan fingerprint density at radius 3 is 2.55 bits per heavy atom. The molecule has 0 bridgehead atoms. The lowest BCUT2D eigenvalue weighted by atomic mass is 10.1. The van der Waals surface area contributed by atoms with Gasteiger partial charge in [0.25, 0.3) is 0 Å². The zero-order chi connectivity index (χ0) is 16.1. The molecule has 0 saturated carbocycles. The maximum atomic E-state index is 12.2. The van der Waals surface area contributed by atoms with Gasteiger partial charge in [-0.1, -0.05) is 18.2 Å². The summed E-state index contributed by atoms with van der Waals surface area (Å²) < 4.78 is 2.01. The van der Waals surface area contributed by atoms with E-state index >= 15 is 0 Å². The average Bonchev–Trinajstić information content (AvgIpc) is 2.80. The van der Waals surface area contributed by atoms with Crippen LogP contribution in [0.25, 0.3) is 0 Å².